The molecule has 0 aliphatic heterocycles. The van der Waals surface area contributed by atoms with Crippen LogP contribution in [0.5, 0.6) is 0 Å². The van der Waals surface area contributed by atoms with Crippen molar-refractivity contribution in [2.24, 2.45) is 5.41 Å². The molecule has 13 heavy (non-hydrogen) atoms. The van der Waals surface area contributed by atoms with Gasteiger partial charge in [-0.05, 0) is 35.3 Å². The standard InChI is InChI=1S/C13H18/c1-13(2,3)12-9-8-10-6-4-5-7-11(10)12/h4-7,12H,8-9H2,1-3H3. The summed E-state index contributed by atoms with van der Waals surface area (Å²) in [6.45, 7) is 7.04. The second kappa shape index (κ2) is 2.87. The van der Waals surface area contributed by atoms with Gasteiger partial charge < -0.3 is 0 Å². The summed E-state index contributed by atoms with van der Waals surface area (Å²) in [7, 11) is 0. The van der Waals surface area contributed by atoms with Crippen molar-refractivity contribution in [1.29, 1.82) is 0 Å². The van der Waals surface area contributed by atoms with Gasteiger partial charge in [-0.2, -0.15) is 0 Å². The monoisotopic (exact) mass is 174 g/mol. The molecule has 1 aromatic carbocycles. The van der Waals surface area contributed by atoms with E-state index in [0.29, 0.717) is 5.41 Å². The number of fused-ring (bicyclic) bond motifs is 1. The van der Waals surface area contributed by atoms with Crippen molar-refractivity contribution in [2.45, 2.75) is 39.5 Å². The average molecular weight is 174 g/mol. The lowest BCUT2D eigenvalue weighted by atomic mass is 9.77. The molecule has 0 saturated heterocycles. The van der Waals surface area contributed by atoms with Crippen LogP contribution in [0.2, 0.25) is 0 Å². The lowest BCUT2D eigenvalue weighted by Crippen LogP contribution is -2.15. The number of aryl methyl sites for hydroxylation is 1. The first-order chi connectivity index (χ1) is 6.09. The lowest BCUT2D eigenvalue weighted by Gasteiger charge is -2.27. The molecule has 0 heteroatoms. The third-order valence-corrected chi connectivity index (χ3v) is 3.18. The van der Waals surface area contributed by atoms with Crippen molar-refractivity contribution in [3.63, 3.8) is 0 Å². The highest BCUT2D eigenvalue weighted by molar-refractivity contribution is 5.35. The van der Waals surface area contributed by atoms with E-state index in [0.717, 1.165) is 5.92 Å². The fourth-order valence-electron chi connectivity index (χ4n) is 2.46. The predicted octanol–water partition coefficient (Wildman–Crippen LogP) is 3.76. The largest absolute Gasteiger partial charge is 0.0620 e. The van der Waals surface area contributed by atoms with E-state index in [2.05, 4.69) is 45.0 Å². The molecule has 0 amide bonds. The first-order valence-electron chi connectivity index (χ1n) is 5.17. The fourth-order valence-corrected chi connectivity index (χ4v) is 2.46. The third-order valence-electron chi connectivity index (χ3n) is 3.18. The predicted molar refractivity (Wildman–Crippen MR) is 57.0 cm³/mol. The molecule has 0 nitrogen and oxygen atoms in total. The Morgan fingerprint density at radius 2 is 1.85 bits per heavy atom. The second-order valence-electron chi connectivity index (χ2n) is 5.16. The van der Waals surface area contributed by atoms with Gasteiger partial charge in [0.05, 0.1) is 0 Å². The molecule has 0 saturated carbocycles. The summed E-state index contributed by atoms with van der Waals surface area (Å²) in [5, 5.41) is 0. The third kappa shape index (κ3) is 1.50. The van der Waals surface area contributed by atoms with E-state index in [-0.39, 0.29) is 0 Å². The molecule has 0 heterocycles. The molecule has 1 aliphatic rings. The zero-order valence-electron chi connectivity index (χ0n) is 8.80. The van der Waals surface area contributed by atoms with E-state index in [9.17, 15) is 0 Å². The Hall–Kier alpha value is -0.780. The molecule has 0 spiro atoms. The Bertz CT molecular complexity index is 304. The molecule has 2 rings (SSSR count). The van der Waals surface area contributed by atoms with Gasteiger partial charge in [-0.3, -0.25) is 0 Å². The van der Waals surface area contributed by atoms with Gasteiger partial charge in [0.25, 0.3) is 0 Å². The van der Waals surface area contributed by atoms with E-state index in [1.807, 2.05) is 0 Å². The molecular weight excluding hydrogens is 156 g/mol. The molecule has 0 radical (unpaired) electrons. The normalized spacial score (nSPS) is 21.6. The lowest BCUT2D eigenvalue weighted by molar-refractivity contribution is 0.319. The Labute approximate surface area is 81.0 Å². The number of rotatable bonds is 0. The van der Waals surface area contributed by atoms with Crippen LogP contribution in [0, 0.1) is 5.41 Å². The van der Waals surface area contributed by atoms with Crippen molar-refractivity contribution in [1.82, 2.24) is 0 Å². The topological polar surface area (TPSA) is 0 Å². The summed E-state index contributed by atoms with van der Waals surface area (Å²) in [5.74, 6) is 0.767. The maximum atomic E-state index is 2.35. The van der Waals surface area contributed by atoms with E-state index >= 15 is 0 Å². The SMILES string of the molecule is CC(C)(C)C1CCc2ccccc21. The highest BCUT2D eigenvalue weighted by Crippen LogP contribution is 2.44. The Balaban J connectivity index is 2.39. The molecule has 0 bridgehead atoms. The van der Waals surface area contributed by atoms with Crippen molar-refractivity contribution in [3.05, 3.63) is 35.4 Å². The first kappa shape index (κ1) is 8.80. The first-order valence-corrected chi connectivity index (χ1v) is 5.17. The molecule has 0 N–H and O–H groups in total. The average Bonchev–Trinajstić information content (AvgIpc) is 2.45. The fraction of sp³-hybridized carbons (Fsp3) is 0.538. The smallest absolute Gasteiger partial charge is 0.0107 e. The van der Waals surface area contributed by atoms with Crippen molar-refractivity contribution < 1.29 is 0 Å². The second-order valence-corrected chi connectivity index (χ2v) is 5.16. The molecule has 1 atom stereocenters. The highest BCUT2D eigenvalue weighted by Gasteiger charge is 2.31. The van der Waals surface area contributed by atoms with Crippen LogP contribution in [0.4, 0.5) is 0 Å². The van der Waals surface area contributed by atoms with Gasteiger partial charge in [-0.15, -0.1) is 0 Å². The highest BCUT2D eigenvalue weighted by atomic mass is 14.4. The number of benzene rings is 1. The van der Waals surface area contributed by atoms with Gasteiger partial charge in [-0.1, -0.05) is 45.0 Å². The number of hydrogen-bond acceptors (Lipinski definition) is 0. The van der Waals surface area contributed by atoms with Crippen molar-refractivity contribution in [3.8, 4) is 0 Å². The minimum absolute atomic E-state index is 0.423. The summed E-state index contributed by atoms with van der Waals surface area (Å²) in [6.07, 6.45) is 2.61. The van der Waals surface area contributed by atoms with Gasteiger partial charge in [0.15, 0.2) is 0 Å². The molecule has 1 aromatic rings. The molecule has 1 aliphatic carbocycles. The van der Waals surface area contributed by atoms with Crippen LogP contribution in [0.25, 0.3) is 0 Å². The zero-order valence-corrected chi connectivity index (χ0v) is 8.80. The van der Waals surface area contributed by atoms with Crippen LogP contribution < -0.4 is 0 Å². The van der Waals surface area contributed by atoms with Crippen molar-refractivity contribution in [2.75, 3.05) is 0 Å². The quantitative estimate of drug-likeness (QED) is 0.561. The van der Waals surface area contributed by atoms with Crippen LogP contribution in [-0.4, -0.2) is 0 Å². The molecule has 0 aromatic heterocycles. The van der Waals surface area contributed by atoms with Gasteiger partial charge in [0.1, 0.15) is 0 Å². The maximum absolute atomic E-state index is 2.35. The summed E-state index contributed by atoms with van der Waals surface area (Å²) in [5.41, 5.74) is 3.59. The van der Waals surface area contributed by atoms with Gasteiger partial charge >= 0.3 is 0 Å². The van der Waals surface area contributed by atoms with E-state index in [4.69, 9.17) is 0 Å². The van der Waals surface area contributed by atoms with Crippen LogP contribution in [-0.2, 0) is 6.42 Å². The Morgan fingerprint density at radius 3 is 2.54 bits per heavy atom. The number of hydrogen-bond donors (Lipinski definition) is 0. The summed E-state index contributed by atoms with van der Waals surface area (Å²) < 4.78 is 0. The summed E-state index contributed by atoms with van der Waals surface area (Å²) in [6, 6.07) is 8.91. The molecular formula is C13H18. The van der Waals surface area contributed by atoms with Crippen LogP contribution in [0.1, 0.15) is 44.2 Å². The maximum Gasteiger partial charge on any atom is -0.0107 e. The van der Waals surface area contributed by atoms with E-state index < -0.39 is 0 Å². The molecule has 0 fully saturated rings. The minimum atomic E-state index is 0.423. The Kier molecular flexibility index (Phi) is 1.94. The minimum Gasteiger partial charge on any atom is -0.0620 e. The van der Waals surface area contributed by atoms with Gasteiger partial charge in [-0.25, -0.2) is 0 Å². The van der Waals surface area contributed by atoms with Crippen LogP contribution in [0.3, 0.4) is 0 Å². The molecule has 70 valence electrons. The summed E-state index contributed by atoms with van der Waals surface area (Å²) in [4.78, 5) is 0. The summed E-state index contributed by atoms with van der Waals surface area (Å²) >= 11 is 0. The Morgan fingerprint density at radius 1 is 1.15 bits per heavy atom. The van der Waals surface area contributed by atoms with Crippen molar-refractivity contribution >= 4 is 0 Å². The molecule has 1 unspecified atom stereocenters. The van der Waals surface area contributed by atoms with E-state index in [1.54, 1.807) is 11.1 Å². The van der Waals surface area contributed by atoms with Crippen LogP contribution >= 0.6 is 0 Å². The van der Waals surface area contributed by atoms with Gasteiger partial charge in [0.2, 0.25) is 0 Å². The zero-order chi connectivity index (χ0) is 9.47. The van der Waals surface area contributed by atoms with Crippen LogP contribution in [0.15, 0.2) is 24.3 Å². The van der Waals surface area contributed by atoms with Gasteiger partial charge in [0, 0.05) is 0 Å². The van der Waals surface area contributed by atoms with E-state index in [1.165, 1.54) is 12.8 Å².